The van der Waals surface area contributed by atoms with Crippen molar-refractivity contribution in [2.45, 2.75) is 25.7 Å². The number of aliphatic hydroxyl groups is 1. The van der Waals surface area contributed by atoms with E-state index in [1.165, 1.54) is 0 Å². The van der Waals surface area contributed by atoms with Gasteiger partial charge in [-0.25, -0.2) is 13.2 Å². The van der Waals surface area contributed by atoms with Crippen LogP contribution in [0.3, 0.4) is 0 Å². The van der Waals surface area contributed by atoms with Gasteiger partial charge in [0.25, 0.3) is 0 Å². The number of ether oxygens (including phenoxy) is 1. The molecule has 2 nitrogen and oxygen atoms in total. The van der Waals surface area contributed by atoms with Crippen LogP contribution in [0.1, 0.15) is 25.7 Å². The van der Waals surface area contributed by atoms with E-state index in [2.05, 4.69) is 0 Å². The second-order valence-electron chi connectivity index (χ2n) is 3.69. The first kappa shape index (κ1) is 13.8. The third-order valence-electron chi connectivity index (χ3n) is 2.28. The Morgan fingerprint density at radius 2 is 1.53 bits per heavy atom. The Morgan fingerprint density at radius 3 is 2.12 bits per heavy atom. The Balaban J connectivity index is 2.32. The average Bonchev–Trinajstić information content (AvgIpc) is 2.30. The van der Waals surface area contributed by atoms with Crippen molar-refractivity contribution in [1.29, 1.82) is 0 Å². The van der Waals surface area contributed by atoms with Gasteiger partial charge in [-0.05, 0) is 19.3 Å². The Hall–Kier alpha value is -1.23. The first-order valence-electron chi connectivity index (χ1n) is 5.53. The Bertz CT molecular complexity index is 333. The van der Waals surface area contributed by atoms with Gasteiger partial charge < -0.3 is 9.84 Å². The molecule has 0 spiro atoms. The standard InChI is InChI=1S/C12H15F3O2/c13-10-7-9(8-11(14)12(10)15)17-6-4-2-1-3-5-16/h7-8,16H,1-6H2. The van der Waals surface area contributed by atoms with Crippen LogP contribution in [0, 0.1) is 17.5 Å². The van der Waals surface area contributed by atoms with Gasteiger partial charge in [0.1, 0.15) is 5.75 Å². The normalized spacial score (nSPS) is 10.6. The summed E-state index contributed by atoms with van der Waals surface area (Å²) in [5, 5.41) is 8.54. The van der Waals surface area contributed by atoms with Crippen molar-refractivity contribution in [3.8, 4) is 5.75 Å². The monoisotopic (exact) mass is 248 g/mol. The van der Waals surface area contributed by atoms with Crippen LogP contribution in [0.15, 0.2) is 12.1 Å². The number of aliphatic hydroxyl groups excluding tert-OH is 1. The van der Waals surface area contributed by atoms with E-state index in [4.69, 9.17) is 9.84 Å². The molecular formula is C12H15F3O2. The van der Waals surface area contributed by atoms with Crippen molar-refractivity contribution in [3.63, 3.8) is 0 Å². The Labute approximate surface area is 98.0 Å². The second kappa shape index (κ2) is 7.17. The topological polar surface area (TPSA) is 29.5 Å². The van der Waals surface area contributed by atoms with Gasteiger partial charge in [0.2, 0.25) is 0 Å². The van der Waals surface area contributed by atoms with Crippen LogP contribution in [0.5, 0.6) is 5.75 Å². The molecular weight excluding hydrogens is 233 g/mol. The van der Waals surface area contributed by atoms with Gasteiger partial charge >= 0.3 is 0 Å². The fourth-order valence-electron chi connectivity index (χ4n) is 1.37. The molecule has 0 radical (unpaired) electrons. The van der Waals surface area contributed by atoms with Crippen molar-refractivity contribution in [2.24, 2.45) is 0 Å². The maximum Gasteiger partial charge on any atom is 0.194 e. The summed E-state index contributed by atoms with van der Waals surface area (Å²) in [7, 11) is 0. The molecule has 0 bridgehead atoms. The summed E-state index contributed by atoms with van der Waals surface area (Å²) in [6, 6.07) is 1.65. The minimum atomic E-state index is -1.49. The minimum Gasteiger partial charge on any atom is -0.493 e. The van der Waals surface area contributed by atoms with Crippen LogP contribution in [0.4, 0.5) is 13.2 Å². The Morgan fingerprint density at radius 1 is 0.941 bits per heavy atom. The molecule has 0 heterocycles. The van der Waals surface area contributed by atoms with E-state index in [1.54, 1.807) is 0 Å². The van der Waals surface area contributed by atoms with Gasteiger partial charge in [-0.2, -0.15) is 0 Å². The number of rotatable bonds is 7. The maximum atomic E-state index is 12.8. The highest BCUT2D eigenvalue weighted by molar-refractivity contribution is 5.24. The zero-order valence-electron chi connectivity index (χ0n) is 9.39. The lowest BCUT2D eigenvalue weighted by Crippen LogP contribution is -2.00. The van der Waals surface area contributed by atoms with Crippen LogP contribution in [0.25, 0.3) is 0 Å². The van der Waals surface area contributed by atoms with Crippen molar-refractivity contribution in [2.75, 3.05) is 13.2 Å². The third-order valence-corrected chi connectivity index (χ3v) is 2.28. The van der Waals surface area contributed by atoms with Gasteiger partial charge in [-0.15, -0.1) is 0 Å². The zero-order valence-corrected chi connectivity index (χ0v) is 9.39. The second-order valence-corrected chi connectivity index (χ2v) is 3.69. The molecule has 0 saturated heterocycles. The lowest BCUT2D eigenvalue weighted by atomic mass is 10.2. The number of hydrogen-bond donors (Lipinski definition) is 1. The van der Waals surface area contributed by atoms with E-state index >= 15 is 0 Å². The van der Waals surface area contributed by atoms with Crippen LogP contribution < -0.4 is 4.74 Å². The molecule has 0 aliphatic carbocycles. The molecule has 0 aliphatic rings. The molecule has 0 aromatic heterocycles. The van der Waals surface area contributed by atoms with Crippen molar-refractivity contribution in [3.05, 3.63) is 29.6 Å². The highest BCUT2D eigenvalue weighted by Gasteiger charge is 2.10. The molecule has 1 rings (SSSR count). The minimum absolute atomic E-state index is 0.0106. The molecule has 96 valence electrons. The van der Waals surface area contributed by atoms with Gasteiger partial charge in [-0.3, -0.25) is 0 Å². The molecule has 5 heteroatoms. The summed E-state index contributed by atoms with van der Waals surface area (Å²) < 4.78 is 43.3. The van der Waals surface area contributed by atoms with E-state index in [0.717, 1.165) is 37.8 Å². The molecule has 0 unspecified atom stereocenters. The number of benzene rings is 1. The first-order valence-corrected chi connectivity index (χ1v) is 5.53. The highest BCUT2D eigenvalue weighted by Crippen LogP contribution is 2.19. The predicted molar refractivity (Wildman–Crippen MR) is 57.4 cm³/mol. The molecule has 0 saturated carbocycles. The lowest BCUT2D eigenvalue weighted by molar-refractivity contribution is 0.272. The number of unbranched alkanes of at least 4 members (excludes halogenated alkanes) is 3. The van der Waals surface area contributed by atoms with Gasteiger partial charge in [-0.1, -0.05) is 6.42 Å². The number of halogens is 3. The fourth-order valence-corrected chi connectivity index (χ4v) is 1.37. The largest absolute Gasteiger partial charge is 0.493 e. The molecule has 17 heavy (non-hydrogen) atoms. The summed E-state index contributed by atoms with van der Waals surface area (Å²) in [6.07, 6.45) is 3.21. The van der Waals surface area contributed by atoms with Crippen LogP contribution >= 0.6 is 0 Å². The van der Waals surface area contributed by atoms with E-state index < -0.39 is 17.5 Å². The predicted octanol–water partition coefficient (Wildman–Crippen LogP) is 3.04. The quantitative estimate of drug-likeness (QED) is 0.593. The van der Waals surface area contributed by atoms with Gasteiger partial charge in [0, 0.05) is 18.7 Å². The summed E-state index contributed by atoms with van der Waals surface area (Å²) in [5.41, 5.74) is 0. The molecule has 0 amide bonds. The smallest absolute Gasteiger partial charge is 0.194 e. The van der Waals surface area contributed by atoms with Gasteiger partial charge in [0.15, 0.2) is 17.5 Å². The lowest BCUT2D eigenvalue weighted by Gasteiger charge is -2.06. The first-order chi connectivity index (χ1) is 8.15. The number of hydrogen-bond acceptors (Lipinski definition) is 2. The molecule has 0 aliphatic heterocycles. The molecule has 1 aromatic carbocycles. The summed E-state index contributed by atoms with van der Waals surface area (Å²) >= 11 is 0. The maximum absolute atomic E-state index is 12.8. The van der Waals surface area contributed by atoms with E-state index in [-0.39, 0.29) is 12.4 Å². The zero-order chi connectivity index (χ0) is 12.7. The third kappa shape index (κ3) is 4.65. The molecule has 1 aromatic rings. The van der Waals surface area contributed by atoms with E-state index in [1.807, 2.05) is 0 Å². The van der Waals surface area contributed by atoms with Crippen molar-refractivity contribution in [1.82, 2.24) is 0 Å². The molecule has 0 fully saturated rings. The van der Waals surface area contributed by atoms with Crippen molar-refractivity contribution >= 4 is 0 Å². The van der Waals surface area contributed by atoms with E-state index in [9.17, 15) is 13.2 Å². The van der Waals surface area contributed by atoms with Crippen LogP contribution in [-0.4, -0.2) is 18.3 Å². The van der Waals surface area contributed by atoms with Crippen molar-refractivity contribution < 1.29 is 23.0 Å². The van der Waals surface area contributed by atoms with E-state index in [0.29, 0.717) is 6.61 Å². The molecule has 0 atom stereocenters. The Kier molecular flexibility index (Phi) is 5.83. The van der Waals surface area contributed by atoms with Crippen LogP contribution in [0.2, 0.25) is 0 Å². The summed E-state index contributed by atoms with van der Waals surface area (Å²) in [6.45, 7) is 0.477. The summed E-state index contributed by atoms with van der Waals surface area (Å²) in [4.78, 5) is 0. The fraction of sp³-hybridized carbons (Fsp3) is 0.500. The average molecular weight is 248 g/mol. The van der Waals surface area contributed by atoms with Gasteiger partial charge in [0.05, 0.1) is 6.61 Å². The molecule has 1 N–H and O–H groups in total. The highest BCUT2D eigenvalue weighted by atomic mass is 19.2. The van der Waals surface area contributed by atoms with Crippen LogP contribution in [-0.2, 0) is 0 Å². The SMILES string of the molecule is OCCCCCCOc1cc(F)c(F)c(F)c1. The summed E-state index contributed by atoms with van der Waals surface area (Å²) in [5.74, 6) is -4.00.